The highest BCUT2D eigenvalue weighted by Crippen LogP contribution is 2.21. The van der Waals surface area contributed by atoms with Gasteiger partial charge in [0.05, 0.1) is 0 Å². The van der Waals surface area contributed by atoms with E-state index in [9.17, 15) is 0 Å². The first-order valence-electron chi connectivity index (χ1n) is 9.21. The molecule has 0 aliphatic carbocycles. The van der Waals surface area contributed by atoms with E-state index in [2.05, 4.69) is 44.7 Å². The van der Waals surface area contributed by atoms with Gasteiger partial charge in [0.15, 0.2) is 5.65 Å². The summed E-state index contributed by atoms with van der Waals surface area (Å²) >= 11 is 0. The molecule has 0 aromatic carbocycles. The van der Waals surface area contributed by atoms with Gasteiger partial charge in [0, 0.05) is 57.7 Å². The second-order valence-corrected chi connectivity index (χ2v) is 7.45. The molecular weight excluding hydrogens is 300 g/mol. The van der Waals surface area contributed by atoms with Gasteiger partial charge in [-0.3, -0.25) is 4.90 Å². The Kier molecular flexibility index (Phi) is 4.41. The first-order valence-corrected chi connectivity index (χ1v) is 9.21. The molecule has 2 saturated heterocycles. The highest BCUT2D eigenvalue weighted by molar-refractivity contribution is 5.46. The molecular formula is C18H28N6. The first-order chi connectivity index (χ1) is 11.7. The number of rotatable bonds is 4. The molecule has 0 radical (unpaired) electrons. The highest BCUT2D eigenvalue weighted by atomic mass is 15.4. The molecule has 0 amide bonds. The number of hydrogen-bond acceptors (Lipinski definition) is 5. The molecule has 2 aliphatic heterocycles. The zero-order valence-electron chi connectivity index (χ0n) is 14.8. The lowest BCUT2D eigenvalue weighted by molar-refractivity contribution is 0.206. The number of aromatic nitrogens is 3. The number of imidazole rings is 1. The molecule has 2 aromatic heterocycles. The fourth-order valence-electron chi connectivity index (χ4n) is 3.98. The monoisotopic (exact) mass is 328 g/mol. The van der Waals surface area contributed by atoms with Crippen LogP contribution in [0, 0.1) is 5.92 Å². The summed E-state index contributed by atoms with van der Waals surface area (Å²) in [5.41, 5.74) is 0.910. The predicted molar refractivity (Wildman–Crippen MR) is 96.5 cm³/mol. The van der Waals surface area contributed by atoms with E-state index in [0.717, 1.165) is 43.6 Å². The Morgan fingerprint density at radius 2 is 1.96 bits per heavy atom. The third kappa shape index (κ3) is 3.26. The Labute approximate surface area is 144 Å². The fourth-order valence-corrected chi connectivity index (χ4v) is 3.98. The van der Waals surface area contributed by atoms with Crippen LogP contribution in [-0.2, 0) is 0 Å². The minimum Gasteiger partial charge on any atom is -0.353 e. The number of nitrogens with zero attached hydrogens (tertiary/aromatic N) is 6. The zero-order chi connectivity index (χ0) is 16.5. The summed E-state index contributed by atoms with van der Waals surface area (Å²) in [5, 5.41) is 4.67. The van der Waals surface area contributed by atoms with E-state index in [-0.39, 0.29) is 0 Å². The number of likely N-dealkylation sites (tertiary alicyclic amines) is 1. The van der Waals surface area contributed by atoms with Crippen molar-refractivity contribution >= 4 is 11.5 Å². The summed E-state index contributed by atoms with van der Waals surface area (Å²) in [7, 11) is 0. The summed E-state index contributed by atoms with van der Waals surface area (Å²) in [6, 6.07) is 4.83. The molecule has 1 atom stereocenters. The Bertz CT molecular complexity index is 673. The topological polar surface area (TPSA) is 39.9 Å². The third-order valence-electron chi connectivity index (χ3n) is 5.50. The first kappa shape index (κ1) is 15.8. The Morgan fingerprint density at radius 1 is 1.12 bits per heavy atom. The molecule has 6 nitrogen and oxygen atoms in total. The molecule has 0 N–H and O–H groups in total. The lowest BCUT2D eigenvalue weighted by Crippen LogP contribution is -2.48. The van der Waals surface area contributed by atoms with E-state index >= 15 is 0 Å². The molecule has 4 heterocycles. The fraction of sp³-hybridized carbons (Fsp3) is 0.667. The average molecular weight is 328 g/mol. The minimum atomic E-state index is 0.691. The van der Waals surface area contributed by atoms with Gasteiger partial charge in [-0.05, 0) is 44.9 Å². The summed E-state index contributed by atoms with van der Waals surface area (Å²) in [4.78, 5) is 11.9. The number of hydrogen-bond donors (Lipinski definition) is 0. The molecule has 4 rings (SSSR count). The van der Waals surface area contributed by atoms with Crippen molar-refractivity contribution in [3.63, 3.8) is 0 Å². The van der Waals surface area contributed by atoms with Crippen LogP contribution in [0.3, 0.4) is 0 Å². The minimum absolute atomic E-state index is 0.691. The van der Waals surface area contributed by atoms with Gasteiger partial charge in [0.25, 0.3) is 0 Å². The number of fused-ring (bicyclic) bond motifs is 1. The van der Waals surface area contributed by atoms with Gasteiger partial charge in [-0.25, -0.2) is 9.50 Å². The van der Waals surface area contributed by atoms with Crippen LogP contribution in [0.5, 0.6) is 0 Å². The van der Waals surface area contributed by atoms with Crippen LogP contribution in [0.15, 0.2) is 24.5 Å². The Morgan fingerprint density at radius 3 is 2.71 bits per heavy atom. The van der Waals surface area contributed by atoms with Crippen LogP contribution in [-0.4, -0.2) is 76.3 Å². The molecule has 24 heavy (non-hydrogen) atoms. The molecule has 2 aromatic rings. The van der Waals surface area contributed by atoms with Crippen molar-refractivity contribution in [2.45, 2.75) is 26.3 Å². The average Bonchev–Trinajstić information content (AvgIpc) is 3.24. The normalized spacial score (nSPS) is 23.6. The second-order valence-electron chi connectivity index (χ2n) is 7.45. The SMILES string of the molecule is CC(C)N1CCC(CN2CCN(c3ccc4nccn4n3)CC2)C1. The molecule has 0 bridgehead atoms. The van der Waals surface area contributed by atoms with Gasteiger partial charge in [-0.2, -0.15) is 0 Å². The molecule has 2 fully saturated rings. The maximum Gasteiger partial charge on any atom is 0.153 e. The van der Waals surface area contributed by atoms with E-state index in [4.69, 9.17) is 0 Å². The van der Waals surface area contributed by atoms with E-state index in [1.54, 1.807) is 6.20 Å². The van der Waals surface area contributed by atoms with Gasteiger partial charge in [-0.1, -0.05) is 0 Å². The molecule has 130 valence electrons. The van der Waals surface area contributed by atoms with Crippen molar-refractivity contribution < 1.29 is 0 Å². The summed E-state index contributed by atoms with van der Waals surface area (Å²) in [6.07, 6.45) is 5.07. The lowest BCUT2D eigenvalue weighted by atomic mass is 10.1. The van der Waals surface area contributed by atoms with Crippen LogP contribution < -0.4 is 4.90 Å². The predicted octanol–water partition coefficient (Wildman–Crippen LogP) is 1.58. The van der Waals surface area contributed by atoms with Gasteiger partial charge in [0.2, 0.25) is 0 Å². The molecule has 1 unspecified atom stereocenters. The van der Waals surface area contributed by atoms with Gasteiger partial charge in [0.1, 0.15) is 5.82 Å². The van der Waals surface area contributed by atoms with Crippen molar-refractivity contribution in [2.24, 2.45) is 5.92 Å². The maximum absolute atomic E-state index is 4.67. The van der Waals surface area contributed by atoms with E-state index in [1.807, 2.05) is 16.8 Å². The number of piperazine rings is 1. The van der Waals surface area contributed by atoms with Crippen molar-refractivity contribution in [2.75, 3.05) is 50.7 Å². The molecule has 0 saturated carbocycles. The quantitative estimate of drug-likeness (QED) is 0.852. The number of anilines is 1. The molecule has 6 heteroatoms. The maximum atomic E-state index is 4.67. The van der Waals surface area contributed by atoms with Crippen molar-refractivity contribution in [1.82, 2.24) is 24.4 Å². The van der Waals surface area contributed by atoms with Crippen molar-refractivity contribution in [1.29, 1.82) is 0 Å². The standard InChI is InChI=1S/C18H28N6/c1-15(2)23-7-5-16(14-23)13-21-9-11-22(12-10-21)18-4-3-17-19-6-8-24(17)20-18/h3-4,6,8,15-16H,5,7,9-14H2,1-2H3. The van der Waals surface area contributed by atoms with Crippen LogP contribution in [0.1, 0.15) is 20.3 Å². The van der Waals surface area contributed by atoms with E-state index in [1.165, 1.54) is 26.1 Å². The highest BCUT2D eigenvalue weighted by Gasteiger charge is 2.27. The van der Waals surface area contributed by atoms with Gasteiger partial charge in [-0.15, -0.1) is 5.10 Å². The largest absolute Gasteiger partial charge is 0.353 e. The molecule has 0 spiro atoms. The third-order valence-corrected chi connectivity index (χ3v) is 5.50. The summed E-state index contributed by atoms with van der Waals surface area (Å²) in [5.74, 6) is 1.91. The zero-order valence-corrected chi connectivity index (χ0v) is 14.8. The molecule has 2 aliphatic rings. The van der Waals surface area contributed by atoms with E-state index < -0.39 is 0 Å². The Hall–Kier alpha value is -1.66. The van der Waals surface area contributed by atoms with Gasteiger partial charge < -0.3 is 9.80 Å². The lowest BCUT2D eigenvalue weighted by Gasteiger charge is -2.36. The van der Waals surface area contributed by atoms with Crippen LogP contribution in [0.25, 0.3) is 5.65 Å². The second kappa shape index (κ2) is 6.69. The summed E-state index contributed by atoms with van der Waals surface area (Å²) < 4.78 is 1.86. The van der Waals surface area contributed by atoms with Crippen LogP contribution in [0.4, 0.5) is 5.82 Å². The summed E-state index contributed by atoms with van der Waals surface area (Å²) in [6.45, 7) is 12.8. The van der Waals surface area contributed by atoms with Crippen LogP contribution in [0.2, 0.25) is 0 Å². The van der Waals surface area contributed by atoms with Gasteiger partial charge >= 0.3 is 0 Å². The van der Waals surface area contributed by atoms with E-state index in [0.29, 0.717) is 6.04 Å². The Balaban J connectivity index is 1.30. The van der Waals surface area contributed by atoms with Crippen LogP contribution >= 0.6 is 0 Å². The van der Waals surface area contributed by atoms with Crippen molar-refractivity contribution in [3.8, 4) is 0 Å². The van der Waals surface area contributed by atoms with Crippen molar-refractivity contribution in [3.05, 3.63) is 24.5 Å². The smallest absolute Gasteiger partial charge is 0.153 e.